The highest BCUT2D eigenvalue weighted by Crippen LogP contribution is 2.22. The number of benzene rings is 1. The maximum Gasteiger partial charge on any atom is 0.253 e. The van der Waals surface area contributed by atoms with E-state index in [4.69, 9.17) is 4.74 Å². The topological polar surface area (TPSA) is 58.6 Å². The first kappa shape index (κ1) is 13.1. The van der Waals surface area contributed by atoms with Crippen molar-refractivity contribution in [2.75, 3.05) is 5.32 Å². The van der Waals surface area contributed by atoms with E-state index < -0.39 is 6.10 Å². The lowest BCUT2D eigenvalue weighted by atomic mass is 10.1. The summed E-state index contributed by atoms with van der Waals surface area (Å²) >= 11 is 0. The molecule has 0 aliphatic carbocycles. The van der Waals surface area contributed by atoms with E-state index in [1.54, 1.807) is 13.0 Å². The Kier molecular flexibility index (Phi) is 3.99. The quantitative estimate of drug-likeness (QED) is 0.863. The molecule has 1 aliphatic heterocycles. The van der Waals surface area contributed by atoms with Gasteiger partial charge in [-0.3, -0.25) is 4.79 Å². The van der Waals surface area contributed by atoms with Gasteiger partial charge in [0.25, 0.3) is 5.91 Å². The summed E-state index contributed by atoms with van der Waals surface area (Å²) in [6, 6.07) is 7.23. The summed E-state index contributed by atoms with van der Waals surface area (Å²) < 4.78 is 5.51. The largest absolute Gasteiger partial charge is 0.389 e. The van der Waals surface area contributed by atoms with Gasteiger partial charge < -0.3 is 15.2 Å². The molecule has 0 spiro atoms. The Morgan fingerprint density at radius 2 is 2.28 bits per heavy atom. The number of carbonyl (C=O) groups is 1. The van der Waals surface area contributed by atoms with Crippen LogP contribution in [-0.4, -0.2) is 23.2 Å². The number of carbonyl (C=O) groups excluding carboxylic acids is 1. The Bertz CT molecular complexity index is 431. The number of aliphatic hydroxyl groups excluding tert-OH is 1. The summed E-state index contributed by atoms with van der Waals surface area (Å²) in [4.78, 5) is 11.9. The molecule has 18 heavy (non-hydrogen) atoms. The molecule has 2 N–H and O–H groups in total. The van der Waals surface area contributed by atoms with E-state index in [9.17, 15) is 9.90 Å². The van der Waals surface area contributed by atoms with Crippen LogP contribution in [0.15, 0.2) is 24.3 Å². The molecule has 1 heterocycles. The molecule has 1 fully saturated rings. The Balaban J connectivity index is 2.00. The standard InChI is InChI=1S/C14H19NO3/c1-9-6-7-13(18-9)14(17)15-12-5-3-4-11(8-12)10(2)16/h3-5,8-10,13,16H,6-7H2,1-2H3,(H,15,17). The van der Waals surface area contributed by atoms with Crippen LogP contribution >= 0.6 is 0 Å². The third-order valence-electron chi connectivity index (χ3n) is 3.16. The highest BCUT2D eigenvalue weighted by molar-refractivity contribution is 5.94. The minimum Gasteiger partial charge on any atom is -0.389 e. The third-order valence-corrected chi connectivity index (χ3v) is 3.16. The summed E-state index contributed by atoms with van der Waals surface area (Å²) in [5.74, 6) is -0.109. The van der Waals surface area contributed by atoms with E-state index in [1.165, 1.54) is 0 Å². The van der Waals surface area contributed by atoms with Gasteiger partial charge in [-0.2, -0.15) is 0 Å². The molecule has 0 saturated carbocycles. The third kappa shape index (κ3) is 3.09. The van der Waals surface area contributed by atoms with E-state index >= 15 is 0 Å². The fourth-order valence-corrected chi connectivity index (χ4v) is 2.09. The number of hydrogen-bond acceptors (Lipinski definition) is 3. The first-order valence-electron chi connectivity index (χ1n) is 6.30. The number of amides is 1. The Morgan fingerprint density at radius 1 is 1.50 bits per heavy atom. The van der Waals surface area contributed by atoms with Crippen LogP contribution in [0.4, 0.5) is 5.69 Å². The van der Waals surface area contributed by atoms with Crippen molar-refractivity contribution in [2.45, 2.75) is 45.0 Å². The smallest absolute Gasteiger partial charge is 0.253 e. The Hall–Kier alpha value is -1.39. The Labute approximate surface area is 107 Å². The van der Waals surface area contributed by atoms with Crippen molar-refractivity contribution in [1.82, 2.24) is 0 Å². The molecule has 1 aliphatic rings. The second kappa shape index (κ2) is 5.50. The van der Waals surface area contributed by atoms with Crippen molar-refractivity contribution in [2.24, 2.45) is 0 Å². The second-order valence-corrected chi connectivity index (χ2v) is 4.80. The molecule has 1 amide bonds. The molecule has 3 atom stereocenters. The molecule has 0 aromatic heterocycles. The number of ether oxygens (including phenoxy) is 1. The molecule has 3 unspecified atom stereocenters. The van der Waals surface area contributed by atoms with E-state index in [1.807, 2.05) is 25.1 Å². The van der Waals surface area contributed by atoms with Crippen molar-refractivity contribution in [1.29, 1.82) is 0 Å². The average molecular weight is 249 g/mol. The lowest BCUT2D eigenvalue weighted by molar-refractivity contribution is -0.126. The van der Waals surface area contributed by atoms with Gasteiger partial charge in [-0.15, -0.1) is 0 Å². The van der Waals surface area contributed by atoms with Crippen LogP contribution in [0.3, 0.4) is 0 Å². The van der Waals surface area contributed by atoms with Crippen molar-refractivity contribution in [3.63, 3.8) is 0 Å². The van der Waals surface area contributed by atoms with Crippen LogP contribution in [0.25, 0.3) is 0 Å². The minimum atomic E-state index is -0.537. The van der Waals surface area contributed by atoms with Gasteiger partial charge in [-0.25, -0.2) is 0 Å². The van der Waals surface area contributed by atoms with Gasteiger partial charge in [0.1, 0.15) is 6.10 Å². The molecule has 1 saturated heterocycles. The number of anilines is 1. The van der Waals surface area contributed by atoms with Crippen molar-refractivity contribution < 1.29 is 14.6 Å². The van der Waals surface area contributed by atoms with Crippen LogP contribution in [0.2, 0.25) is 0 Å². The predicted molar refractivity (Wildman–Crippen MR) is 69.3 cm³/mol. The van der Waals surface area contributed by atoms with E-state index in [0.29, 0.717) is 5.69 Å². The second-order valence-electron chi connectivity index (χ2n) is 4.80. The van der Waals surface area contributed by atoms with Gasteiger partial charge >= 0.3 is 0 Å². The molecule has 4 nitrogen and oxygen atoms in total. The van der Waals surface area contributed by atoms with Crippen molar-refractivity contribution in [3.8, 4) is 0 Å². The fraction of sp³-hybridized carbons (Fsp3) is 0.500. The zero-order valence-corrected chi connectivity index (χ0v) is 10.7. The van der Waals surface area contributed by atoms with Crippen LogP contribution in [-0.2, 0) is 9.53 Å². The average Bonchev–Trinajstić information content (AvgIpc) is 2.76. The normalized spacial score (nSPS) is 24.8. The molecule has 1 aromatic carbocycles. The van der Waals surface area contributed by atoms with Gasteiger partial charge in [0, 0.05) is 5.69 Å². The zero-order valence-electron chi connectivity index (χ0n) is 10.7. The van der Waals surface area contributed by atoms with Crippen LogP contribution in [0.5, 0.6) is 0 Å². The van der Waals surface area contributed by atoms with Crippen molar-refractivity contribution >= 4 is 11.6 Å². The Morgan fingerprint density at radius 3 is 2.89 bits per heavy atom. The molecule has 2 rings (SSSR count). The summed E-state index contributed by atoms with van der Waals surface area (Å²) in [6.07, 6.45) is 0.957. The maximum absolute atomic E-state index is 11.9. The maximum atomic E-state index is 11.9. The zero-order chi connectivity index (χ0) is 13.1. The lowest BCUT2D eigenvalue weighted by Crippen LogP contribution is -2.27. The highest BCUT2D eigenvalue weighted by Gasteiger charge is 2.28. The van der Waals surface area contributed by atoms with Crippen molar-refractivity contribution in [3.05, 3.63) is 29.8 Å². The van der Waals surface area contributed by atoms with Crippen LogP contribution < -0.4 is 5.32 Å². The summed E-state index contributed by atoms with van der Waals surface area (Å²) in [5, 5.41) is 12.3. The monoisotopic (exact) mass is 249 g/mol. The highest BCUT2D eigenvalue weighted by atomic mass is 16.5. The molecule has 0 bridgehead atoms. The molecular formula is C14H19NO3. The first-order valence-corrected chi connectivity index (χ1v) is 6.30. The molecule has 98 valence electrons. The molecule has 4 heteroatoms. The summed E-state index contributed by atoms with van der Waals surface area (Å²) in [7, 11) is 0. The molecular weight excluding hydrogens is 230 g/mol. The van der Waals surface area contributed by atoms with Gasteiger partial charge in [0.15, 0.2) is 0 Å². The van der Waals surface area contributed by atoms with Crippen LogP contribution in [0.1, 0.15) is 38.4 Å². The number of rotatable bonds is 3. The lowest BCUT2D eigenvalue weighted by Gasteiger charge is -2.13. The molecule has 1 aromatic rings. The fourth-order valence-electron chi connectivity index (χ4n) is 2.09. The summed E-state index contributed by atoms with van der Waals surface area (Å²) in [5.41, 5.74) is 1.48. The van der Waals surface area contributed by atoms with Gasteiger partial charge in [-0.05, 0) is 44.4 Å². The number of hydrogen-bond donors (Lipinski definition) is 2. The molecule has 0 radical (unpaired) electrons. The van der Waals surface area contributed by atoms with Crippen LogP contribution in [0, 0.1) is 0 Å². The SMILES string of the molecule is CC1CCC(C(=O)Nc2cccc(C(C)O)c2)O1. The van der Waals surface area contributed by atoms with Gasteiger partial charge in [0.2, 0.25) is 0 Å². The minimum absolute atomic E-state index is 0.109. The van der Waals surface area contributed by atoms with Gasteiger partial charge in [0.05, 0.1) is 12.2 Å². The number of nitrogens with one attached hydrogen (secondary N) is 1. The first-order chi connectivity index (χ1) is 8.56. The summed E-state index contributed by atoms with van der Waals surface area (Å²) in [6.45, 7) is 3.67. The predicted octanol–water partition coefficient (Wildman–Crippen LogP) is 2.25. The number of aliphatic hydroxyl groups is 1. The van der Waals surface area contributed by atoms with Gasteiger partial charge in [-0.1, -0.05) is 12.1 Å². The van der Waals surface area contributed by atoms with E-state index in [2.05, 4.69) is 5.32 Å². The van der Waals surface area contributed by atoms with E-state index in [-0.39, 0.29) is 18.1 Å². The van der Waals surface area contributed by atoms with E-state index in [0.717, 1.165) is 18.4 Å².